The highest BCUT2D eigenvalue weighted by molar-refractivity contribution is 8.93. The smallest absolute Gasteiger partial charge is 0.329 e. The molecule has 0 radical (unpaired) electrons. The summed E-state index contributed by atoms with van der Waals surface area (Å²) in [5.41, 5.74) is 0. The molecule has 86 valence electrons. The highest BCUT2D eigenvalue weighted by Crippen LogP contribution is 2.03. The lowest BCUT2D eigenvalue weighted by molar-refractivity contribution is -0.141. The lowest BCUT2D eigenvalue weighted by atomic mass is 10.2. The Hall–Kier alpha value is -0.840. The van der Waals surface area contributed by atoms with Crippen molar-refractivity contribution >= 4 is 23.0 Å². The zero-order valence-corrected chi connectivity index (χ0v) is 10.8. The van der Waals surface area contributed by atoms with Crippen LogP contribution in [-0.2, 0) is 11.2 Å². The molecule has 0 atom stereocenters. The molecule has 0 bridgehead atoms. The van der Waals surface area contributed by atoms with Crippen molar-refractivity contribution in [1.82, 2.24) is 9.71 Å². The molecule has 0 aromatic carbocycles. The van der Waals surface area contributed by atoms with Crippen LogP contribution >= 0.6 is 17.0 Å². The molecule has 0 aliphatic rings. The number of hydrogen-bond donors (Lipinski definition) is 0. The van der Waals surface area contributed by atoms with E-state index in [0.717, 1.165) is 18.7 Å². The Balaban J connectivity index is 0.00000196. The van der Waals surface area contributed by atoms with Gasteiger partial charge < -0.3 is 4.84 Å². The summed E-state index contributed by atoms with van der Waals surface area (Å²) in [5, 5.41) is 0. The number of halogens is 1. The second-order valence-corrected chi connectivity index (χ2v) is 3.21. The predicted molar refractivity (Wildman–Crippen MR) is 63.0 cm³/mol. The first-order chi connectivity index (χ1) is 6.74. The van der Waals surface area contributed by atoms with Gasteiger partial charge in [-0.2, -0.15) is 4.73 Å². The summed E-state index contributed by atoms with van der Waals surface area (Å²) in [6, 6.07) is 0. The van der Waals surface area contributed by atoms with E-state index in [1.807, 2.05) is 0 Å². The number of carbonyl (C=O) groups excluding carboxylic acids is 1. The van der Waals surface area contributed by atoms with Crippen molar-refractivity contribution in [2.24, 2.45) is 0 Å². The van der Waals surface area contributed by atoms with Crippen LogP contribution in [0.2, 0.25) is 0 Å². The lowest BCUT2D eigenvalue weighted by Gasteiger charge is -2.05. The molecule has 0 spiro atoms. The van der Waals surface area contributed by atoms with Crippen LogP contribution in [0.4, 0.5) is 0 Å². The van der Waals surface area contributed by atoms with Crippen molar-refractivity contribution in [3.63, 3.8) is 0 Å². The molecule has 0 aliphatic heterocycles. The minimum Gasteiger partial charge on any atom is -0.336 e. The van der Waals surface area contributed by atoms with E-state index in [4.69, 9.17) is 4.84 Å². The SMILES string of the molecule is Br.CCCCCc1nccn1OC(C)=O. The molecule has 0 saturated carbocycles. The van der Waals surface area contributed by atoms with Gasteiger partial charge in [0.1, 0.15) is 5.82 Å². The molecule has 0 N–H and O–H groups in total. The molecule has 1 heterocycles. The Morgan fingerprint density at radius 3 is 2.87 bits per heavy atom. The summed E-state index contributed by atoms with van der Waals surface area (Å²) in [6.45, 7) is 3.54. The number of hydrogen-bond acceptors (Lipinski definition) is 3. The normalized spacial score (nSPS) is 9.47. The average molecular weight is 277 g/mol. The van der Waals surface area contributed by atoms with Gasteiger partial charge in [0.15, 0.2) is 0 Å². The zero-order chi connectivity index (χ0) is 10.4. The van der Waals surface area contributed by atoms with Crippen LogP contribution in [0.5, 0.6) is 0 Å². The van der Waals surface area contributed by atoms with Crippen molar-refractivity contribution in [2.75, 3.05) is 0 Å². The highest BCUT2D eigenvalue weighted by atomic mass is 79.9. The number of carbonyl (C=O) groups is 1. The summed E-state index contributed by atoms with van der Waals surface area (Å²) in [6.07, 6.45) is 7.58. The van der Waals surface area contributed by atoms with Gasteiger partial charge in [0.25, 0.3) is 0 Å². The quantitative estimate of drug-likeness (QED) is 0.775. The maximum absolute atomic E-state index is 10.7. The molecule has 0 aliphatic carbocycles. The van der Waals surface area contributed by atoms with Crippen LogP contribution in [0.3, 0.4) is 0 Å². The first-order valence-corrected chi connectivity index (χ1v) is 4.95. The summed E-state index contributed by atoms with van der Waals surface area (Å²) >= 11 is 0. The maximum Gasteiger partial charge on any atom is 0.329 e. The number of aromatic nitrogens is 2. The van der Waals surface area contributed by atoms with E-state index in [1.54, 1.807) is 12.4 Å². The van der Waals surface area contributed by atoms with Crippen molar-refractivity contribution in [3.8, 4) is 0 Å². The summed E-state index contributed by atoms with van der Waals surface area (Å²) < 4.78 is 1.44. The van der Waals surface area contributed by atoms with E-state index < -0.39 is 0 Å². The van der Waals surface area contributed by atoms with Gasteiger partial charge in [0.2, 0.25) is 0 Å². The number of nitrogens with zero attached hydrogens (tertiary/aromatic N) is 2. The molecule has 15 heavy (non-hydrogen) atoms. The van der Waals surface area contributed by atoms with E-state index in [0.29, 0.717) is 0 Å². The lowest BCUT2D eigenvalue weighted by Crippen LogP contribution is -2.18. The Kier molecular flexibility index (Phi) is 7.03. The average Bonchev–Trinajstić information content (AvgIpc) is 2.52. The van der Waals surface area contributed by atoms with E-state index in [-0.39, 0.29) is 23.0 Å². The molecular weight excluding hydrogens is 260 g/mol. The molecule has 0 saturated heterocycles. The van der Waals surface area contributed by atoms with Gasteiger partial charge in [-0.1, -0.05) is 19.8 Å². The summed E-state index contributed by atoms with van der Waals surface area (Å²) in [7, 11) is 0. The van der Waals surface area contributed by atoms with Crippen LogP contribution < -0.4 is 4.84 Å². The Labute approximate surface area is 100 Å². The summed E-state index contributed by atoms with van der Waals surface area (Å²) in [5.74, 6) is 0.494. The number of imidazole rings is 1. The minimum absolute atomic E-state index is 0. The van der Waals surface area contributed by atoms with Crippen LogP contribution in [0.1, 0.15) is 38.9 Å². The molecular formula is C10H17BrN2O2. The molecule has 1 aromatic rings. The number of aryl methyl sites for hydroxylation is 1. The van der Waals surface area contributed by atoms with Crippen molar-refractivity contribution < 1.29 is 9.63 Å². The minimum atomic E-state index is -0.320. The summed E-state index contributed by atoms with van der Waals surface area (Å²) in [4.78, 5) is 19.8. The van der Waals surface area contributed by atoms with Gasteiger partial charge in [-0.3, -0.25) is 0 Å². The molecule has 1 rings (SSSR count). The third-order valence-electron chi connectivity index (χ3n) is 1.91. The molecule has 4 nitrogen and oxygen atoms in total. The fourth-order valence-electron chi connectivity index (χ4n) is 1.25. The Bertz CT molecular complexity index is 299. The largest absolute Gasteiger partial charge is 0.336 e. The Morgan fingerprint density at radius 2 is 2.27 bits per heavy atom. The van der Waals surface area contributed by atoms with E-state index in [9.17, 15) is 4.79 Å². The van der Waals surface area contributed by atoms with Gasteiger partial charge in [0.05, 0.1) is 6.20 Å². The van der Waals surface area contributed by atoms with Crippen LogP contribution in [0, 0.1) is 0 Å². The molecule has 0 fully saturated rings. The molecule has 5 heteroatoms. The molecule has 0 unspecified atom stereocenters. The molecule has 0 amide bonds. The third-order valence-corrected chi connectivity index (χ3v) is 1.91. The fourth-order valence-corrected chi connectivity index (χ4v) is 1.25. The Morgan fingerprint density at radius 1 is 1.53 bits per heavy atom. The number of rotatable bonds is 5. The maximum atomic E-state index is 10.7. The predicted octanol–water partition coefficient (Wildman–Crippen LogP) is 2.17. The van der Waals surface area contributed by atoms with Crippen molar-refractivity contribution in [2.45, 2.75) is 39.5 Å². The van der Waals surface area contributed by atoms with E-state index in [2.05, 4.69) is 11.9 Å². The first-order valence-electron chi connectivity index (χ1n) is 4.95. The van der Waals surface area contributed by atoms with Gasteiger partial charge in [-0.05, 0) is 6.42 Å². The topological polar surface area (TPSA) is 44.1 Å². The van der Waals surface area contributed by atoms with E-state index >= 15 is 0 Å². The van der Waals surface area contributed by atoms with Crippen LogP contribution in [0.25, 0.3) is 0 Å². The number of unbranched alkanes of at least 4 members (excludes halogenated alkanes) is 2. The van der Waals surface area contributed by atoms with Crippen LogP contribution in [0.15, 0.2) is 12.4 Å². The molecule has 1 aromatic heterocycles. The van der Waals surface area contributed by atoms with Gasteiger partial charge in [0, 0.05) is 19.5 Å². The zero-order valence-electron chi connectivity index (χ0n) is 9.10. The second-order valence-electron chi connectivity index (χ2n) is 3.21. The standard InChI is InChI=1S/C10H16N2O2.BrH/c1-3-4-5-6-10-11-7-8-12(10)14-9(2)13;/h7-8H,3-6H2,1-2H3;1H. The highest BCUT2D eigenvalue weighted by Gasteiger charge is 2.04. The first kappa shape index (κ1) is 14.2. The second kappa shape index (κ2) is 7.45. The van der Waals surface area contributed by atoms with Gasteiger partial charge in [-0.25, -0.2) is 9.78 Å². The van der Waals surface area contributed by atoms with Gasteiger partial charge >= 0.3 is 5.97 Å². The van der Waals surface area contributed by atoms with Crippen molar-refractivity contribution in [3.05, 3.63) is 18.2 Å². The van der Waals surface area contributed by atoms with Crippen molar-refractivity contribution in [1.29, 1.82) is 0 Å². The van der Waals surface area contributed by atoms with E-state index in [1.165, 1.54) is 24.5 Å². The monoisotopic (exact) mass is 276 g/mol. The fraction of sp³-hybridized carbons (Fsp3) is 0.600. The van der Waals surface area contributed by atoms with Crippen LogP contribution in [-0.4, -0.2) is 15.7 Å². The van der Waals surface area contributed by atoms with Gasteiger partial charge in [-0.15, -0.1) is 17.0 Å². The third kappa shape index (κ3) is 4.97.